The Morgan fingerprint density at radius 2 is 2.00 bits per heavy atom. The molecule has 0 atom stereocenters. The minimum Gasteiger partial charge on any atom is -0.304 e. The highest BCUT2D eigenvalue weighted by Gasteiger charge is 2.34. The van der Waals surface area contributed by atoms with Gasteiger partial charge in [-0.2, -0.15) is 17.8 Å². The molecule has 0 saturated heterocycles. The molecule has 27 heavy (non-hydrogen) atoms. The Kier molecular flexibility index (Phi) is 5.54. The van der Waals surface area contributed by atoms with Gasteiger partial charge in [0.05, 0.1) is 18.1 Å². The van der Waals surface area contributed by atoms with E-state index in [0.717, 1.165) is 36.2 Å². The molecule has 0 spiro atoms. The summed E-state index contributed by atoms with van der Waals surface area (Å²) in [6.07, 6.45) is 7.28. The van der Waals surface area contributed by atoms with E-state index in [1.165, 1.54) is 12.3 Å². The highest BCUT2D eigenvalue weighted by Crippen LogP contribution is 2.32. The second-order valence-electron chi connectivity index (χ2n) is 6.83. The smallest absolute Gasteiger partial charge is 0.304 e. The number of halogens is 1. The average Bonchev–Trinajstić information content (AvgIpc) is 2.61. The molecular weight excluding hydrogens is 373 g/mol. The molecule has 1 fully saturated rings. The second kappa shape index (κ2) is 7.71. The van der Waals surface area contributed by atoms with E-state index in [2.05, 4.69) is 26.6 Å². The van der Waals surface area contributed by atoms with Gasteiger partial charge in [-0.25, -0.2) is 4.31 Å². The maximum absolute atomic E-state index is 13.2. The van der Waals surface area contributed by atoms with E-state index in [1.54, 1.807) is 6.92 Å². The maximum Gasteiger partial charge on any atom is 0.345 e. The number of hydrogen-bond donors (Lipinski definition) is 1. The van der Waals surface area contributed by atoms with Crippen molar-refractivity contribution >= 4 is 27.6 Å². The van der Waals surface area contributed by atoms with Crippen LogP contribution in [0.4, 0.5) is 10.2 Å². The fraction of sp³-hybridized carbons (Fsp3) is 0.529. The summed E-state index contributed by atoms with van der Waals surface area (Å²) in [6, 6.07) is 0. The molecule has 1 aliphatic carbocycles. The normalized spacial score (nSPS) is 24.8. The molecule has 1 aromatic rings. The van der Waals surface area contributed by atoms with Crippen molar-refractivity contribution in [1.82, 2.24) is 14.3 Å². The van der Waals surface area contributed by atoms with Gasteiger partial charge in [-0.15, -0.1) is 4.40 Å². The quantitative estimate of drug-likeness (QED) is 0.842. The van der Waals surface area contributed by atoms with E-state index >= 15 is 0 Å². The van der Waals surface area contributed by atoms with E-state index in [0.29, 0.717) is 11.6 Å². The lowest BCUT2D eigenvalue weighted by Gasteiger charge is -2.31. The van der Waals surface area contributed by atoms with Crippen LogP contribution in [-0.2, 0) is 15.0 Å². The molecule has 0 bridgehead atoms. The van der Waals surface area contributed by atoms with Crippen LogP contribution >= 0.6 is 0 Å². The molecular formula is C17H22FN5O3S. The van der Waals surface area contributed by atoms with Gasteiger partial charge in [0, 0.05) is 12.5 Å². The molecule has 0 aromatic carbocycles. The van der Waals surface area contributed by atoms with Crippen molar-refractivity contribution in [2.24, 2.45) is 16.2 Å². The molecule has 3 rings (SSSR count). The number of allylic oxidation sites excluding steroid dienone is 1. The van der Waals surface area contributed by atoms with E-state index in [4.69, 9.17) is 0 Å². The van der Waals surface area contributed by atoms with Crippen LogP contribution in [-0.4, -0.2) is 40.9 Å². The molecule has 1 aromatic heterocycles. The van der Waals surface area contributed by atoms with Gasteiger partial charge in [-0.1, -0.05) is 19.8 Å². The molecule has 1 saturated carbocycles. The third-order valence-corrected chi connectivity index (χ3v) is 6.31. The lowest BCUT2D eigenvalue weighted by molar-refractivity contribution is -0.113. The van der Waals surface area contributed by atoms with Gasteiger partial charge in [0.15, 0.2) is 5.82 Å². The summed E-state index contributed by atoms with van der Waals surface area (Å²) in [5.74, 6) is -1.02. The standard InChI is InChI=1S/C17H22FN5O3S/c1-3-23-14(17(24)21-16-10-19-9-15(18)20-16)8-13(22-27(23,25)26)12-6-4-11(2)5-7-12/h8-12H,3-7H2,1-2H3,(H,20,21,24). The summed E-state index contributed by atoms with van der Waals surface area (Å²) in [4.78, 5) is 19.8. The monoisotopic (exact) mass is 395 g/mol. The predicted octanol–water partition coefficient (Wildman–Crippen LogP) is 2.29. The highest BCUT2D eigenvalue weighted by atomic mass is 32.2. The number of likely N-dealkylation sites (N-methyl/N-ethyl adjacent to an activating group) is 1. The molecule has 1 N–H and O–H groups in total. The summed E-state index contributed by atoms with van der Waals surface area (Å²) in [5.41, 5.74) is 0.356. The van der Waals surface area contributed by atoms with Crippen LogP contribution in [0.15, 0.2) is 28.6 Å². The fourth-order valence-electron chi connectivity index (χ4n) is 3.39. The van der Waals surface area contributed by atoms with Crippen LogP contribution in [0.5, 0.6) is 0 Å². The number of carbonyl (C=O) groups excluding carboxylic acids is 1. The average molecular weight is 395 g/mol. The van der Waals surface area contributed by atoms with Crippen LogP contribution < -0.4 is 5.32 Å². The van der Waals surface area contributed by atoms with Crippen molar-refractivity contribution < 1.29 is 17.6 Å². The number of carbonyl (C=O) groups is 1. The van der Waals surface area contributed by atoms with Gasteiger partial charge in [-0.3, -0.25) is 9.78 Å². The zero-order valence-corrected chi connectivity index (χ0v) is 16.0. The number of aromatic nitrogens is 2. The van der Waals surface area contributed by atoms with Crippen LogP contribution in [0.1, 0.15) is 39.5 Å². The SMILES string of the molecule is CCN1C(C(=O)Nc2cncc(F)n2)=CC(C2CCC(C)CC2)=NS1(=O)=O. The van der Waals surface area contributed by atoms with Crippen molar-refractivity contribution in [3.63, 3.8) is 0 Å². The topological polar surface area (TPSA) is 105 Å². The van der Waals surface area contributed by atoms with Crippen LogP contribution in [0.3, 0.4) is 0 Å². The molecule has 10 heteroatoms. The number of anilines is 1. The largest absolute Gasteiger partial charge is 0.345 e. The molecule has 146 valence electrons. The van der Waals surface area contributed by atoms with E-state index < -0.39 is 22.1 Å². The Bertz CT molecular complexity index is 892. The maximum atomic E-state index is 13.2. The van der Waals surface area contributed by atoms with Gasteiger partial charge in [-0.05, 0) is 31.8 Å². The number of nitrogens with zero attached hydrogens (tertiary/aromatic N) is 4. The lowest BCUT2D eigenvalue weighted by Crippen LogP contribution is -2.39. The van der Waals surface area contributed by atoms with E-state index in [9.17, 15) is 17.6 Å². The first kappa shape index (κ1) is 19.4. The van der Waals surface area contributed by atoms with Crippen LogP contribution in [0, 0.1) is 17.8 Å². The Hall–Kier alpha value is -2.36. The van der Waals surface area contributed by atoms with Gasteiger partial charge in [0.2, 0.25) is 5.95 Å². The summed E-state index contributed by atoms with van der Waals surface area (Å²) >= 11 is 0. The van der Waals surface area contributed by atoms with Gasteiger partial charge >= 0.3 is 10.2 Å². The Morgan fingerprint density at radius 3 is 2.63 bits per heavy atom. The third-order valence-electron chi connectivity index (χ3n) is 4.85. The summed E-state index contributed by atoms with van der Waals surface area (Å²) < 4.78 is 43.2. The summed E-state index contributed by atoms with van der Waals surface area (Å²) in [5, 5.41) is 2.40. The predicted molar refractivity (Wildman–Crippen MR) is 98.6 cm³/mol. The molecule has 0 unspecified atom stereocenters. The zero-order valence-electron chi connectivity index (χ0n) is 15.2. The third kappa shape index (κ3) is 4.32. The highest BCUT2D eigenvalue weighted by molar-refractivity contribution is 7.88. The molecule has 2 aliphatic rings. The number of amides is 1. The Labute approximate surface area is 157 Å². The first-order valence-corrected chi connectivity index (χ1v) is 10.3. The second-order valence-corrected chi connectivity index (χ2v) is 8.35. The summed E-state index contributed by atoms with van der Waals surface area (Å²) in [7, 11) is -4.00. The minimum absolute atomic E-state index is 0.00624. The van der Waals surface area contributed by atoms with E-state index in [1.807, 2.05) is 0 Å². The molecule has 1 amide bonds. The van der Waals surface area contributed by atoms with Crippen molar-refractivity contribution in [3.05, 3.63) is 30.1 Å². The fourth-order valence-corrected chi connectivity index (χ4v) is 4.67. The van der Waals surface area contributed by atoms with Crippen LogP contribution in [0.25, 0.3) is 0 Å². The molecule has 0 radical (unpaired) electrons. The van der Waals surface area contributed by atoms with Gasteiger partial charge < -0.3 is 5.32 Å². The lowest BCUT2D eigenvalue weighted by atomic mass is 9.80. The van der Waals surface area contributed by atoms with Crippen molar-refractivity contribution in [1.29, 1.82) is 0 Å². The van der Waals surface area contributed by atoms with Crippen LogP contribution in [0.2, 0.25) is 0 Å². The first-order chi connectivity index (χ1) is 12.8. The van der Waals surface area contributed by atoms with Crippen molar-refractivity contribution in [3.8, 4) is 0 Å². The van der Waals surface area contributed by atoms with Crippen molar-refractivity contribution in [2.75, 3.05) is 11.9 Å². The molecule has 1 aliphatic heterocycles. The van der Waals surface area contributed by atoms with E-state index in [-0.39, 0.29) is 24.0 Å². The number of rotatable bonds is 4. The zero-order chi connectivity index (χ0) is 19.6. The Balaban J connectivity index is 1.90. The summed E-state index contributed by atoms with van der Waals surface area (Å²) in [6.45, 7) is 3.83. The molecule has 8 nitrogen and oxygen atoms in total. The number of nitrogens with one attached hydrogen (secondary N) is 1. The first-order valence-electron chi connectivity index (χ1n) is 8.93. The van der Waals surface area contributed by atoms with Gasteiger partial charge in [0.1, 0.15) is 5.70 Å². The number of hydrogen-bond acceptors (Lipinski definition) is 5. The molecule has 2 heterocycles. The Morgan fingerprint density at radius 1 is 1.30 bits per heavy atom. The van der Waals surface area contributed by atoms with Gasteiger partial charge in [0.25, 0.3) is 5.91 Å². The minimum atomic E-state index is -4.00. The van der Waals surface area contributed by atoms with Crippen molar-refractivity contribution in [2.45, 2.75) is 39.5 Å².